The molecule has 0 aliphatic carbocycles. The predicted molar refractivity (Wildman–Crippen MR) is 114 cm³/mol. The number of carbonyl (C=O) groups excluding carboxylic acids is 1. The van der Waals surface area contributed by atoms with Crippen LogP contribution in [0.15, 0.2) is 53.4 Å². The number of hydrogen-bond acceptors (Lipinski definition) is 4. The second-order valence-electron chi connectivity index (χ2n) is 5.93. The lowest BCUT2D eigenvalue weighted by Gasteiger charge is -2.13. The average Bonchev–Trinajstić information content (AvgIpc) is 2.90. The third-order valence-electron chi connectivity index (χ3n) is 4.04. The van der Waals surface area contributed by atoms with Gasteiger partial charge < -0.3 is 5.11 Å². The molecule has 0 radical (unpaired) electrons. The van der Waals surface area contributed by atoms with Gasteiger partial charge in [-0.15, -0.1) is 0 Å². The molecule has 1 fully saturated rings. The van der Waals surface area contributed by atoms with Crippen LogP contribution in [-0.4, -0.2) is 32.7 Å². The Morgan fingerprint density at radius 1 is 1.19 bits per heavy atom. The van der Waals surface area contributed by atoms with E-state index in [9.17, 15) is 9.59 Å². The molecule has 7 heteroatoms. The Bertz CT molecular complexity index is 925. The number of carboxylic acid groups (broad SMARTS) is 1. The van der Waals surface area contributed by atoms with Crippen LogP contribution in [0.5, 0.6) is 0 Å². The van der Waals surface area contributed by atoms with Crippen LogP contribution in [0.1, 0.15) is 18.4 Å². The van der Waals surface area contributed by atoms with Crippen LogP contribution in [0.3, 0.4) is 0 Å². The first kappa shape index (κ1) is 19.6. The molecular formula is C20H16ClNO3S2. The first-order valence-corrected chi connectivity index (χ1v) is 9.88. The van der Waals surface area contributed by atoms with E-state index in [1.807, 2.05) is 48.5 Å². The van der Waals surface area contributed by atoms with Crippen LogP contribution < -0.4 is 0 Å². The van der Waals surface area contributed by atoms with Gasteiger partial charge >= 0.3 is 5.97 Å². The van der Waals surface area contributed by atoms with Crippen LogP contribution in [-0.2, 0) is 9.59 Å². The standard InChI is InChI=1S/C20H16ClNO3S2/c21-16-5-2-1-4-15(16)14-9-7-13(8-10-14)12-17-19(25)22(20(26)27-17)11-3-6-18(23)24/h1-2,4-5,7-10,12H,3,6,11H2,(H,23,24)/b17-12-. The minimum Gasteiger partial charge on any atom is -0.481 e. The Hall–Kier alpha value is -2.15. The van der Waals surface area contributed by atoms with Gasteiger partial charge in [-0.25, -0.2) is 0 Å². The highest BCUT2D eigenvalue weighted by molar-refractivity contribution is 8.26. The molecule has 1 amide bonds. The molecule has 4 nitrogen and oxygen atoms in total. The molecule has 0 spiro atoms. The molecule has 138 valence electrons. The number of halogens is 1. The zero-order valence-corrected chi connectivity index (χ0v) is 16.6. The molecule has 1 N–H and O–H groups in total. The molecule has 0 saturated carbocycles. The van der Waals surface area contributed by atoms with E-state index in [4.69, 9.17) is 28.9 Å². The SMILES string of the molecule is O=C(O)CCCN1C(=O)/C(=C/c2ccc(-c3ccccc3Cl)cc2)SC1=S. The Kier molecular flexibility index (Phi) is 6.31. The minimum atomic E-state index is -0.880. The number of thioether (sulfide) groups is 1. The van der Waals surface area contributed by atoms with E-state index in [2.05, 4.69) is 0 Å². The van der Waals surface area contributed by atoms with Crippen molar-refractivity contribution in [2.45, 2.75) is 12.8 Å². The number of benzene rings is 2. The molecule has 0 atom stereocenters. The summed E-state index contributed by atoms with van der Waals surface area (Å²) in [6.07, 6.45) is 2.19. The summed E-state index contributed by atoms with van der Waals surface area (Å²) in [7, 11) is 0. The molecule has 1 aliphatic rings. The van der Waals surface area contributed by atoms with E-state index in [0.29, 0.717) is 27.2 Å². The number of carboxylic acids is 1. The van der Waals surface area contributed by atoms with E-state index < -0.39 is 5.97 Å². The molecule has 3 rings (SSSR count). The van der Waals surface area contributed by atoms with Gasteiger partial charge in [0.05, 0.1) is 4.91 Å². The maximum absolute atomic E-state index is 12.5. The molecule has 2 aromatic rings. The Balaban J connectivity index is 1.73. The summed E-state index contributed by atoms with van der Waals surface area (Å²) in [5.74, 6) is -1.06. The van der Waals surface area contributed by atoms with Crippen molar-refractivity contribution in [1.29, 1.82) is 0 Å². The van der Waals surface area contributed by atoms with Gasteiger partial charge in [-0.1, -0.05) is 78.0 Å². The zero-order chi connectivity index (χ0) is 19.4. The lowest BCUT2D eigenvalue weighted by atomic mass is 10.0. The number of carbonyl (C=O) groups is 2. The fraction of sp³-hybridized carbons (Fsp3) is 0.150. The van der Waals surface area contributed by atoms with Crippen LogP contribution in [0, 0.1) is 0 Å². The zero-order valence-electron chi connectivity index (χ0n) is 14.2. The van der Waals surface area contributed by atoms with E-state index >= 15 is 0 Å². The first-order valence-electron chi connectivity index (χ1n) is 8.28. The molecule has 1 saturated heterocycles. The molecule has 1 heterocycles. The summed E-state index contributed by atoms with van der Waals surface area (Å²) in [5, 5.41) is 9.41. The number of amides is 1. The largest absolute Gasteiger partial charge is 0.481 e. The van der Waals surface area contributed by atoms with E-state index in [0.717, 1.165) is 16.7 Å². The summed E-state index contributed by atoms with van der Waals surface area (Å²) in [6.45, 7) is 0.319. The third-order valence-corrected chi connectivity index (χ3v) is 5.75. The first-order chi connectivity index (χ1) is 13.0. The van der Waals surface area contributed by atoms with E-state index in [1.165, 1.54) is 16.7 Å². The number of hydrogen-bond donors (Lipinski definition) is 1. The normalized spacial score (nSPS) is 15.6. The van der Waals surface area contributed by atoms with Crippen LogP contribution in [0.4, 0.5) is 0 Å². The maximum Gasteiger partial charge on any atom is 0.303 e. The molecular weight excluding hydrogens is 402 g/mol. The monoisotopic (exact) mass is 417 g/mol. The van der Waals surface area contributed by atoms with Crippen molar-refractivity contribution in [3.8, 4) is 11.1 Å². The van der Waals surface area contributed by atoms with Gasteiger partial charge in [0.15, 0.2) is 0 Å². The lowest BCUT2D eigenvalue weighted by molar-refractivity contribution is -0.137. The second kappa shape index (κ2) is 8.69. The fourth-order valence-electron chi connectivity index (χ4n) is 2.69. The summed E-state index contributed by atoms with van der Waals surface area (Å²) < 4.78 is 0.462. The quantitative estimate of drug-likeness (QED) is 0.525. The van der Waals surface area contributed by atoms with Crippen molar-refractivity contribution < 1.29 is 14.7 Å². The number of thiocarbonyl (C=S) groups is 1. The van der Waals surface area contributed by atoms with Gasteiger partial charge in [0.25, 0.3) is 5.91 Å². The highest BCUT2D eigenvalue weighted by Gasteiger charge is 2.31. The predicted octanol–water partition coefficient (Wildman–Crippen LogP) is 5.07. The van der Waals surface area contributed by atoms with Crippen molar-refractivity contribution in [2.75, 3.05) is 6.54 Å². The molecule has 0 aromatic heterocycles. The van der Waals surface area contributed by atoms with Crippen molar-refractivity contribution in [3.63, 3.8) is 0 Å². The fourth-order valence-corrected chi connectivity index (χ4v) is 4.24. The van der Waals surface area contributed by atoms with Gasteiger partial charge in [0, 0.05) is 23.6 Å². The maximum atomic E-state index is 12.5. The smallest absolute Gasteiger partial charge is 0.303 e. The van der Waals surface area contributed by atoms with Crippen molar-refractivity contribution in [3.05, 3.63) is 64.0 Å². The summed E-state index contributed by atoms with van der Waals surface area (Å²) >= 11 is 12.7. The lowest BCUT2D eigenvalue weighted by Crippen LogP contribution is -2.29. The molecule has 27 heavy (non-hydrogen) atoms. The highest BCUT2D eigenvalue weighted by atomic mass is 35.5. The van der Waals surface area contributed by atoms with Gasteiger partial charge in [-0.3, -0.25) is 14.5 Å². The van der Waals surface area contributed by atoms with Crippen LogP contribution in [0.25, 0.3) is 17.2 Å². The number of rotatable bonds is 6. The van der Waals surface area contributed by atoms with E-state index in [1.54, 1.807) is 6.08 Å². The van der Waals surface area contributed by atoms with Gasteiger partial charge in [-0.2, -0.15) is 0 Å². The Labute approximate surface area is 171 Å². The highest BCUT2D eigenvalue weighted by Crippen LogP contribution is 2.33. The van der Waals surface area contributed by atoms with Gasteiger partial charge in [0.2, 0.25) is 0 Å². The summed E-state index contributed by atoms with van der Waals surface area (Å²) in [6, 6.07) is 15.4. The molecule has 1 aliphatic heterocycles. The topological polar surface area (TPSA) is 57.6 Å². The summed E-state index contributed by atoms with van der Waals surface area (Å²) in [5.41, 5.74) is 2.84. The van der Waals surface area contributed by atoms with Crippen LogP contribution in [0.2, 0.25) is 5.02 Å². The van der Waals surface area contributed by atoms with Gasteiger partial charge in [0.1, 0.15) is 4.32 Å². The van der Waals surface area contributed by atoms with E-state index in [-0.39, 0.29) is 12.3 Å². The number of nitrogens with zero attached hydrogens (tertiary/aromatic N) is 1. The van der Waals surface area contributed by atoms with Crippen molar-refractivity contribution in [2.24, 2.45) is 0 Å². The molecule has 0 unspecified atom stereocenters. The summed E-state index contributed by atoms with van der Waals surface area (Å²) in [4.78, 5) is 25.2. The number of aliphatic carboxylic acids is 1. The average molecular weight is 418 g/mol. The minimum absolute atomic E-state index is 0.0135. The Morgan fingerprint density at radius 3 is 2.56 bits per heavy atom. The van der Waals surface area contributed by atoms with Gasteiger partial charge in [-0.05, 0) is 29.7 Å². The van der Waals surface area contributed by atoms with Crippen molar-refractivity contribution >= 4 is 57.9 Å². The Morgan fingerprint density at radius 2 is 1.89 bits per heavy atom. The molecule has 2 aromatic carbocycles. The second-order valence-corrected chi connectivity index (χ2v) is 8.02. The van der Waals surface area contributed by atoms with Crippen LogP contribution >= 0.6 is 35.6 Å². The van der Waals surface area contributed by atoms with Crippen molar-refractivity contribution in [1.82, 2.24) is 4.90 Å². The molecule has 0 bridgehead atoms. The third kappa shape index (κ3) is 4.77.